The minimum atomic E-state index is -0.194. The van der Waals surface area contributed by atoms with Crippen LogP contribution in [0.25, 0.3) is 0 Å². The highest BCUT2D eigenvalue weighted by Gasteiger charge is 2.06. The Balaban J connectivity index is 2.71. The summed E-state index contributed by atoms with van der Waals surface area (Å²) in [5.41, 5.74) is 3.94. The molecule has 0 saturated carbocycles. The number of hydroxylamine groups is 1. The van der Waals surface area contributed by atoms with Crippen molar-refractivity contribution in [2.24, 2.45) is 0 Å². The Morgan fingerprint density at radius 3 is 2.77 bits per heavy atom. The second-order valence-corrected chi connectivity index (χ2v) is 2.68. The van der Waals surface area contributed by atoms with E-state index in [1.54, 1.807) is 6.07 Å². The third kappa shape index (κ3) is 2.56. The van der Waals surface area contributed by atoms with Crippen LogP contribution in [-0.2, 0) is 4.84 Å². The molecule has 1 aromatic carbocycles. The number of aryl methyl sites for hydroxylation is 1. The summed E-state index contributed by atoms with van der Waals surface area (Å²) in [5.74, 6) is -0.194. The van der Waals surface area contributed by atoms with E-state index >= 15 is 0 Å². The topological polar surface area (TPSA) is 38.3 Å². The molecule has 13 heavy (non-hydrogen) atoms. The van der Waals surface area contributed by atoms with Gasteiger partial charge in [0.15, 0.2) is 0 Å². The van der Waals surface area contributed by atoms with Gasteiger partial charge in [0.25, 0.3) is 5.91 Å². The van der Waals surface area contributed by atoms with Crippen LogP contribution in [-0.4, -0.2) is 12.5 Å². The molecule has 0 heterocycles. The predicted octanol–water partition coefficient (Wildman–Crippen LogP) is 1.68. The van der Waals surface area contributed by atoms with Crippen LogP contribution in [0, 0.1) is 6.92 Å². The molecule has 1 N–H and O–H groups in total. The Hall–Kier alpha value is -1.35. The first-order valence-corrected chi connectivity index (χ1v) is 4.23. The molecule has 0 fully saturated rings. The lowest BCUT2D eigenvalue weighted by Gasteiger charge is -2.05. The number of nitrogens with one attached hydrogen (secondary N) is 1. The van der Waals surface area contributed by atoms with E-state index in [2.05, 4.69) is 5.48 Å². The number of amides is 1. The minimum Gasteiger partial charge on any atom is -0.274 e. The molecule has 3 heteroatoms. The lowest BCUT2D eigenvalue weighted by Crippen LogP contribution is -2.24. The summed E-state index contributed by atoms with van der Waals surface area (Å²) < 4.78 is 0. The molecule has 0 saturated heterocycles. The van der Waals surface area contributed by atoms with E-state index in [1.165, 1.54) is 0 Å². The van der Waals surface area contributed by atoms with Crippen molar-refractivity contribution in [1.82, 2.24) is 5.48 Å². The zero-order valence-corrected chi connectivity index (χ0v) is 7.83. The van der Waals surface area contributed by atoms with E-state index in [0.29, 0.717) is 12.2 Å². The molecule has 70 valence electrons. The number of carbonyl (C=O) groups excluding carboxylic acids is 1. The zero-order chi connectivity index (χ0) is 9.68. The van der Waals surface area contributed by atoms with E-state index in [-0.39, 0.29) is 5.91 Å². The lowest BCUT2D eigenvalue weighted by atomic mass is 10.1. The Morgan fingerprint density at radius 1 is 1.46 bits per heavy atom. The number of rotatable bonds is 3. The van der Waals surface area contributed by atoms with Gasteiger partial charge < -0.3 is 0 Å². The Labute approximate surface area is 77.7 Å². The summed E-state index contributed by atoms with van der Waals surface area (Å²) in [5, 5.41) is 0. The van der Waals surface area contributed by atoms with Gasteiger partial charge in [0.2, 0.25) is 0 Å². The Morgan fingerprint density at radius 2 is 2.15 bits per heavy atom. The summed E-state index contributed by atoms with van der Waals surface area (Å²) in [6.45, 7) is 4.18. The van der Waals surface area contributed by atoms with Gasteiger partial charge >= 0.3 is 0 Å². The zero-order valence-electron chi connectivity index (χ0n) is 7.83. The van der Waals surface area contributed by atoms with Crippen LogP contribution >= 0.6 is 0 Å². The molecule has 0 aromatic heterocycles. The van der Waals surface area contributed by atoms with Crippen molar-refractivity contribution in [3.8, 4) is 0 Å². The van der Waals surface area contributed by atoms with Crippen molar-refractivity contribution in [3.63, 3.8) is 0 Å². The van der Waals surface area contributed by atoms with Crippen LogP contribution in [0.5, 0.6) is 0 Å². The van der Waals surface area contributed by atoms with Gasteiger partial charge in [-0.3, -0.25) is 9.63 Å². The molecule has 1 amide bonds. The number of benzene rings is 1. The average Bonchev–Trinajstić information content (AvgIpc) is 2.15. The van der Waals surface area contributed by atoms with Gasteiger partial charge in [-0.2, -0.15) is 0 Å². The van der Waals surface area contributed by atoms with Gasteiger partial charge in [0.1, 0.15) is 0 Å². The largest absolute Gasteiger partial charge is 0.275 e. The molecule has 0 aliphatic carbocycles. The van der Waals surface area contributed by atoms with Crippen LogP contribution in [0.15, 0.2) is 24.3 Å². The summed E-state index contributed by atoms with van der Waals surface area (Å²) in [4.78, 5) is 16.2. The summed E-state index contributed by atoms with van der Waals surface area (Å²) in [6.07, 6.45) is 0. The SMILES string of the molecule is CCONC(=O)c1ccccc1C. The summed E-state index contributed by atoms with van der Waals surface area (Å²) in [7, 11) is 0. The Kier molecular flexibility index (Phi) is 3.46. The van der Waals surface area contributed by atoms with E-state index in [4.69, 9.17) is 4.84 Å². The van der Waals surface area contributed by atoms with Crippen molar-refractivity contribution in [2.45, 2.75) is 13.8 Å². The fourth-order valence-electron chi connectivity index (χ4n) is 1.02. The molecular formula is C10H13NO2. The second-order valence-electron chi connectivity index (χ2n) is 2.68. The van der Waals surface area contributed by atoms with Crippen molar-refractivity contribution in [1.29, 1.82) is 0 Å². The third-order valence-corrected chi connectivity index (χ3v) is 1.70. The van der Waals surface area contributed by atoms with Crippen molar-refractivity contribution in [2.75, 3.05) is 6.61 Å². The molecule has 0 atom stereocenters. The van der Waals surface area contributed by atoms with Crippen LogP contribution in [0.1, 0.15) is 22.8 Å². The highest BCUT2D eigenvalue weighted by molar-refractivity contribution is 5.94. The first-order chi connectivity index (χ1) is 6.25. The third-order valence-electron chi connectivity index (χ3n) is 1.70. The van der Waals surface area contributed by atoms with Crippen LogP contribution in [0.3, 0.4) is 0 Å². The molecule has 0 aliphatic rings. The monoisotopic (exact) mass is 179 g/mol. The van der Waals surface area contributed by atoms with Gasteiger partial charge in [-0.15, -0.1) is 0 Å². The van der Waals surface area contributed by atoms with Crippen LogP contribution in [0.4, 0.5) is 0 Å². The fraction of sp³-hybridized carbons (Fsp3) is 0.300. The van der Waals surface area contributed by atoms with Crippen LogP contribution < -0.4 is 5.48 Å². The maximum Gasteiger partial charge on any atom is 0.275 e. The molecule has 0 spiro atoms. The quantitative estimate of drug-likeness (QED) is 0.717. The minimum absolute atomic E-state index is 0.194. The van der Waals surface area contributed by atoms with Crippen molar-refractivity contribution >= 4 is 5.91 Å². The first kappa shape index (κ1) is 9.74. The van der Waals surface area contributed by atoms with Gasteiger partial charge in [0, 0.05) is 5.56 Å². The number of hydrogen-bond acceptors (Lipinski definition) is 2. The average molecular weight is 179 g/mol. The normalized spacial score (nSPS) is 9.69. The summed E-state index contributed by atoms with van der Waals surface area (Å²) >= 11 is 0. The standard InChI is InChI=1S/C10H13NO2/c1-3-13-11-10(12)9-7-5-4-6-8(9)2/h4-7H,3H2,1-2H3,(H,11,12). The molecule has 0 aliphatic heterocycles. The maximum absolute atomic E-state index is 11.4. The second kappa shape index (κ2) is 4.62. The number of hydrogen-bond donors (Lipinski definition) is 1. The predicted molar refractivity (Wildman–Crippen MR) is 50.3 cm³/mol. The molecular weight excluding hydrogens is 166 g/mol. The van der Waals surface area contributed by atoms with E-state index in [1.807, 2.05) is 32.0 Å². The summed E-state index contributed by atoms with van der Waals surface area (Å²) in [6, 6.07) is 7.38. The van der Waals surface area contributed by atoms with Gasteiger partial charge in [-0.1, -0.05) is 18.2 Å². The highest BCUT2D eigenvalue weighted by Crippen LogP contribution is 2.05. The molecule has 0 bridgehead atoms. The maximum atomic E-state index is 11.4. The van der Waals surface area contributed by atoms with Gasteiger partial charge in [-0.05, 0) is 25.5 Å². The van der Waals surface area contributed by atoms with E-state index < -0.39 is 0 Å². The van der Waals surface area contributed by atoms with Gasteiger partial charge in [0.05, 0.1) is 6.61 Å². The molecule has 0 radical (unpaired) electrons. The van der Waals surface area contributed by atoms with Gasteiger partial charge in [-0.25, -0.2) is 5.48 Å². The smallest absolute Gasteiger partial charge is 0.274 e. The highest BCUT2D eigenvalue weighted by atomic mass is 16.6. The Bertz CT molecular complexity index is 297. The van der Waals surface area contributed by atoms with Crippen LogP contribution in [0.2, 0.25) is 0 Å². The molecule has 0 unspecified atom stereocenters. The van der Waals surface area contributed by atoms with E-state index in [0.717, 1.165) is 5.56 Å². The van der Waals surface area contributed by atoms with Crippen molar-refractivity contribution in [3.05, 3.63) is 35.4 Å². The fourth-order valence-corrected chi connectivity index (χ4v) is 1.02. The van der Waals surface area contributed by atoms with E-state index in [9.17, 15) is 4.79 Å². The number of carbonyl (C=O) groups is 1. The molecule has 1 rings (SSSR count). The molecule has 3 nitrogen and oxygen atoms in total. The van der Waals surface area contributed by atoms with Crippen molar-refractivity contribution < 1.29 is 9.63 Å². The molecule has 1 aromatic rings. The lowest BCUT2D eigenvalue weighted by molar-refractivity contribution is 0.0364. The first-order valence-electron chi connectivity index (χ1n) is 4.23.